The van der Waals surface area contributed by atoms with Gasteiger partial charge in [0.2, 0.25) is 0 Å². The lowest BCUT2D eigenvalue weighted by Gasteiger charge is -2.37. The Balaban J connectivity index is 1.44. The highest BCUT2D eigenvalue weighted by Crippen LogP contribution is 2.21. The number of benzene rings is 1. The van der Waals surface area contributed by atoms with Crippen LogP contribution in [-0.4, -0.2) is 79.6 Å². The maximum Gasteiger partial charge on any atom is 0.325 e. The fourth-order valence-corrected chi connectivity index (χ4v) is 3.96. The Bertz CT molecular complexity index is 803. The molecule has 2 saturated heterocycles. The fraction of sp³-hybridized carbons (Fsp3) is 0.591. The van der Waals surface area contributed by atoms with E-state index in [0.717, 1.165) is 32.1 Å². The zero-order valence-electron chi connectivity index (χ0n) is 18.6. The van der Waals surface area contributed by atoms with E-state index < -0.39 is 5.54 Å². The van der Waals surface area contributed by atoms with Crippen LogP contribution in [0.25, 0.3) is 0 Å². The van der Waals surface area contributed by atoms with Gasteiger partial charge >= 0.3 is 6.03 Å². The average Bonchev–Trinajstić information content (AvgIpc) is 2.97. The van der Waals surface area contributed by atoms with Crippen LogP contribution in [0.2, 0.25) is 0 Å². The molecule has 0 aromatic heterocycles. The number of imide groups is 1. The molecule has 2 heterocycles. The highest BCUT2D eigenvalue weighted by Gasteiger charge is 2.45. The number of guanidine groups is 1. The molecule has 0 spiro atoms. The summed E-state index contributed by atoms with van der Waals surface area (Å²) < 4.78 is 0. The lowest BCUT2D eigenvalue weighted by molar-refractivity contribution is -0.130. The van der Waals surface area contributed by atoms with Crippen molar-refractivity contribution in [2.45, 2.75) is 39.2 Å². The first-order chi connectivity index (χ1) is 14.4. The summed E-state index contributed by atoms with van der Waals surface area (Å²) in [7, 11) is 1.79. The summed E-state index contributed by atoms with van der Waals surface area (Å²) in [6, 6.07) is 8.32. The number of hydrogen-bond donors (Lipinski definition) is 2. The summed E-state index contributed by atoms with van der Waals surface area (Å²) in [5.74, 6) is 0.737. The van der Waals surface area contributed by atoms with Gasteiger partial charge < -0.3 is 20.4 Å². The van der Waals surface area contributed by atoms with Crippen molar-refractivity contribution in [1.82, 2.24) is 20.4 Å². The first kappa shape index (κ1) is 21.9. The Kier molecular flexibility index (Phi) is 6.84. The summed E-state index contributed by atoms with van der Waals surface area (Å²) in [6.07, 6.45) is 1.27. The number of hydrogen-bond acceptors (Lipinski definition) is 4. The molecule has 2 aliphatic heterocycles. The summed E-state index contributed by atoms with van der Waals surface area (Å²) in [5, 5.41) is 6.17. The molecule has 1 aromatic rings. The van der Waals surface area contributed by atoms with Gasteiger partial charge in [-0.2, -0.15) is 0 Å². The van der Waals surface area contributed by atoms with E-state index in [9.17, 15) is 9.59 Å². The molecule has 164 valence electrons. The maximum absolute atomic E-state index is 12.5. The average molecular weight is 415 g/mol. The normalized spacial score (nSPS) is 22.5. The van der Waals surface area contributed by atoms with Gasteiger partial charge in [0.15, 0.2) is 5.96 Å². The van der Waals surface area contributed by atoms with E-state index in [1.165, 1.54) is 16.2 Å². The monoisotopic (exact) mass is 414 g/mol. The number of rotatable bonds is 6. The summed E-state index contributed by atoms with van der Waals surface area (Å²) in [6.45, 7) is 10.6. The van der Waals surface area contributed by atoms with Crippen molar-refractivity contribution >= 4 is 23.6 Å². The zero-order valence-corrected chi connectivity index (χ0v) is 18.6. The smallest absolute Gasteiger partial charge is 0.325 e. The quantitative estimate of drug-likeness (QED) is 0.321. The van der Waals surface area contributed by atoms with E-state index >= 15 is 0 Å². The van der Waals surface area contributed by atoms with Gasteiger partial charge in [0, 0.05) is 52.0 Å². The lowest BCUT2D eigenvalue weighted by Crippen LogP contribution is -2.52. The van der Waals surface area contributed by atoms with Crippen LogP contribution in [-0.2, 0) is 4.79 Å². The van der Waals surface area contributed by atoms with Crippen molar-refractivity contribution in [3.63, 3.8) is 0 Å². The summed E-state index contributed by atoms with van der Waals surface area (Å²) >= 11 is 0. The largest absolute Gasteiger partial charge is 0.368 e. The van der Waals surface area contributed by atoms with Crippen molar-refractivity contribution in [1.29, 1.82) is 0 Å². The first-order valence-corrected chi connectivity index (χ1v) is 10.8. The topological polar surface area (TPSA) is 80.3 Å². The summed E-state index contributed by atoms with van der Waals surface area (Å²) in [4.78, 5) is 35.0. The van der Waals surface area contributed by atoms with Crippen LogP contribution in [0.15, 0.2) is 29.3 Å². The van der Waals surface area contributed by atoms with Crippen LogP contribution >= 0.6 is 0 Å². The number of piperazine rings is 1. The van der Waals surface area contributed by atoms with Crippen LogP contribution in [0, 0.1) is 6.92 Å². The van der Waals surface area contributed by atoms with Crippen LogP contribution in [0.1, 0.15) is 32.3 Å². The molecular formula is C22H34N6O2. The Hall–Kier alpha value is -2.77. The highest BCUT2D eigenvalue weighted by molar-refractivity contribution is 6.06. The molecule has 8 heteroatoms. The van der Waals surface area contributed by atoms with E-state index in [0.29, 0.717) is 25.9 Å². The maximum atomic E-state index is 12.5. The standard InChI is InChI=1S/C22H34N6O2/c1-5-22(3)19(29)28(21(30)25-22)11-7-10-24-20(23-4)27-14-12-26(13-15-27)18-9-6-8-17(2)16-18/h6,8-9,16H,5,7,10-15H2,1-4H3,(H,23,24)(H,25,30). The highest BCUT2D eigenvalue weighted by atomic mass is 16.2. The second-order valence-corrected chi connectivity index (χ2v) is 8.21. The van der Waals surface area contributed by atoms with Gasteiger partial charge in [-0.1, -0.05) is 19.1 Å². The van der Waals surface area contributed by atoms with Crippen LogP contribution < -0.4 is 15.5 Å². The Morgan fingerprint density at radius 3 is 2.57 bits per heavy atom. The number of aryl methyl sites for hydroxylation is 1. The number of nitrogens with zero attached hydrogens (tertiary/aromatic N) is 4. The Morgan fingerprint density at radius 1 is 1.23 bits per heavy atom. The molecular weight excluding hydrogens is 380 g/mol. The minimum atomic E-state index is -0.766. The molecule has 2 fully saturated rings. The third kappa shape index (κ3) is 4.68. The molecule has 0 bridgehead atoms. The molecule has 3 amide bonds. The van der Waals surface area contributed by atoms with Crippen LogP contribution in [0.4, 0.5) is 10.5 Å². The van der Waals surface area contributed by atoms with E-state index in [2.05, 4.69) is 56.6 Å². The fourth-order valence-electron chi connectivity index (χ4n) is 3.96. The molecule has 2 aliphatic rings. The molecule has 1 atom stereocenters. The van der Waals surface area contributed by atoms with Gasteiger partial charge in [-0.3, -0.25) is 14.7 Å². The van der Waals surface area contributed by atoms with Gasteiger partial charge in [0.1, 0.15) is 5.54 Å². The van der Waals surface area contributed by atoms with E-state index in [1.807, 2.05) is 6.92 Å². The van der Waals surface area contributed by atoms with Crippen LogP contribution in [0.5, 0.6) is 0 Å². The van der Waals surface area contributed by atoms with Gasteiger partial charge in [-0.25, -0.2) is 4.79 Å². The van der Waals surface area contributed by atoms with Crippen LogP contribution in [0.3, 0.4) is 0 Å². The van der Waals surface area contributed by atoms with Crippen molar-refractivity contribution in [3.05, 3.63) is 29.8 Å². The van der Waals surface area contributed by atoms with Gasteiger partial charge in [0.25, 0.3) is 5.91 Å². The number of urea groups is 1. The Labute approximate surface area is 179 Å². The molecule has 0 radical (unpaired) electrons. The van der Waals surface area contributed by atoms with E-state index in [1.54, 1.807) is 14.0 Å². The number of nitrogens with one attached hydrogen (secondary N) is 2. The molecule has 1 aromatic carbocycles. The van der Waals surface area contributed by atoms with Gasteiger partial charge in [0.05, 0.1) is 0 Å². The van der Waals surface area contributed by atoms with Gasteiger partial charge in [-0.05, 0) is 44.4 Å². The molecule has 0 aliphatic carbocycles. The number of carbonyl (C=O) groups excluding carboxylic acids is 2. The van der Waals surface area contributed by atoms with E-state index in [-0.39, 0.29) is 11.9 Å². The number of amides is 3. The van der Waals surface area contributed by atoms with Gasteiger partial charge in [-0.15, -0.1) is 0 Å². The number of aliphatic imine (C=N–C) groups is 1. The molecule has 0 saturated carbocycles. The minimum absolute atomic E-state index is 0.133. The number of carbonyl (C=O) groups is 2. The first-order valence-electron chi connectivity index (χ1n) is 10.8. The van der Waals surface area contributed by atoms with Crippen molar-refractivity contribution in [2.75, 3.05) is 51.2 Å². The zero-order chi connectivity index (χ0) is 21.7. The second kappa shape index (κ2) is 9.36. The minimum Gasteiger partial charge on any atom is -0.368 e. The van der Waals surface area contributed by atoms with Crippen molar-refractivity contribution in [2.24, 2.45) is 4.99 Å². The lowest BCUT2D eigenvalue weighted by atomic mass is 9.99. The molecule has 2 N–H and O–H groups in total. The summed E-state index contributed by atoms with van der Waals surface area (Å²) in [5.41, 5.74) is 1.78. The van der Waals surface area contributed by atoms with Crippen molar-refractivity contribution < 1.29 is 9.59 Å². The third-order valence-electron chi connectivity index (χ3n) is 6.05. The molecule has 1 unspecified atom stereocenters. The second-order valence-electron chi connectivity index (χ2n) is 8.21. The third-order valence-corrected chi connectivity index (χ3v) is 6.05. The predicted molar refractivity (Wildman–Crippen MR) is 120 cm³/mol. The van der Waals surface area contributed by atoms with E-state index in [4.69, 9.17) is 0 Å². The predicted octanol–water partition coefficient (Wildman–Crippen LogP) is 1.80. The van der Waals surface area contributed by atoms with Crippen molar-refractivity contribution in [3.8, 4) is 0 Å². The molecule has 3 rings (SSSR count). The molecule has 8 nitrogen and oxygen atoms in total. The Morgan fingerprint density at radius 2 is 1.97 bits per heavy atom. The SMILES string of the molecule is CCC1(C)NC(=O)N(CCCNC(=NC)N2CCN(c3cccc(C)c3)CC2)C1=O. The molecule has 30 heavy (non-hydrogen) atoms. The number of anilines is 1.